The van der Waals surface area contributed by atoms with Gasteiger partial charge < -0.3 is 10.3 Å². The molecule has 3 nitrogen and oxygen atoms in total. The van der Waals surface area contributed by atoms with Crippen LogP contribution in [0.15, 0.2) is 46.9 Å². The Hall–Kier alpha value is -1.88. The van der Waals surface area contributed by atoms with Crippen molar-refractivity contribution in [3.63, 3.8) is 0 Å². The number of halogens is 2. The average Bonchev–Trinajstić information content (AvgIpc) is 2.73. The maximum atomic E-state index is 13.5. The third-order valence-corrected chi connectivity index (χ3v) is 3.89. The zero-order chi connectivity index (χ0) is 14.3. The molecule has 1 unspecified atom stereocenters. The van der Waals surface area contributed by atoms with Crippen LogP contribution in [0.25, 0.3) is 11.0 Å². The number of aromatic nitrogens is 2. The number of nitrogen functional groups attached to an aromatic ring is 1. The maximum Gasteiger partial charge on any atom is 0.201 e. The number of hydrogen-bond acceptors (Lipinski definition) is 2. The van der Waals surface area contributed by atoms with Gasteiger partial charge in [-0.3, -0.25) is 0 Å². The summed E-state index contributed by atoms with van der Waals surface area (Å²) in [5.41, 5.74) is 8.48. The van der Waals surface area contributed by atoms with Gasteiger partial charge in [0, 0.05) is 4.47 Å². The monoisotopic (exact) mass is 333 g/mol. The topological polar surface area (TPSA) is 43.8 Å². The highest BCUT2D eigenvalue weighted by Crippen LogP contribution is 2.28. The Balaban J connectivity index is 2.18. The van der Waals surface area contributed by atoms with Crippen molar-refractivity contribution in [3.8, 4) is 0 Å². The van der Waals surface area contributed by atoms with Crippen molar-refractivity contribution >= 4 is 32.9 Å². The molecule has 0 spiro atoms. The van der Waals surface area contributed by atoms with E-state index in [-0.39, 0.29) is 11.9 Å². The van der Waals surface area contributed by atoms with Gasteiger partial charge in [0.1, 0.15) is 5.82 Å². The van der Waals surface area contributed by atoms with E-state index in [2.05, 4.69) is 20.9 Å². The van der Waals surface area contributed by atoms with Crippen molar-refractivity contribution in [2.24, 2.45) is 0 Å². The highest BCUT2D eigenvalue weighted by molar-refractivity contribution is 9.10. The standard InChI is InChI=1S/C15H13BrFN3/c1-9(10-3-2-4-11(16)7-10)20-14-8-12(17)5-6-13(14)19-15(20)18/h2-9H,1H3,(H2,18,19). The van der Waals surface area contributed by atoms with Gasteiger partial charge in [0.05, 0.1) is 17.1 Å². The molecule has 0 saturated heterocycles. The zero-order valence-corrected chi connectivity index (χ0v) is 12.4. The van der Waals surface area contributed by atoms with Crippen LogP contribution in [0, 0.1) is 5.82 Å². The minimum Gasteiger partial charge on any atom is -0.369 e. The molecule has 0 bridgehead atoms. The Labute approximate surface area is 124 Å². The Kier molecular flexibility index (Phi) is 3.22. The van der Waals surface area contributed by atoms with Gasteiger partial charge in [0.2, 0.25) is 5.95 Å². The van der Waals surface area contributed by atoms with Crippen LogP contribution in [0.2, 0.25) is 0 Å². The van der Waals surface area contributed by atoms with Crippen LogP contribution in [-0.4, -0.2) is 9.55 Å². The minimum atomic E-state index is -0.292. The van der Waals surface area contributed by atoms with E-state index in [0.717, 1.165) is 10.0 Å². The number of imidazole rings is 1. The highest BCUT2D eigenvalue weighted by Gasteiger charge is 2.16. The fourth-order valence-corrected chi connectivity index (χ4v) is 2.82. The molecule has 20 heavy (non-hydrogen) atoms. The summed E-state index contributed by atoms with van der Waals surface area (Å²) in [5, 5.41) is 0. The highest BCUT2D eigenvalue weighted by atomic mass is 79.9. The van der Waals surface area contributed by atoms with Crippen molar-refractivity contribution in [1.29, 1.82) is 0 Å². The molecule has 0 amide bonds. The fourth-order valence-electron chi connectivity index (χ4n) is 2.41. The third kappa shape index (κ3) is 2.18. The molecule has 0 fully saturated rings. The lowest BCUT2D eigenvalue weighted by atomic mass is 10.1. The maximum absolute atomic E-state index is 13.5. The molecule has 2 N–H and O–H groups in total. The average molecular weight is 334 g/mol. The van der Waals surface area contributed by atoms with E-state index < -0.39 is 0 Å². The predicted octanol–water partition coefficient (Wildman–Crippen LogP) is 4.13. The normalized spacial score (nSPS) is 12.8. The summed E-state index contributed by atoms with van der Waals surface area (Å²) in [6, 6.07) is 12.4. The van der Waals surface area contributed by atoms with Crippen LogP contribution in [0.5, 0.6) is 0 Å². The summed E-state index contributed by atoms with van der Waals surface area (Å²) in [4.78, 5) is 4.29. The summed E-state index contributed by atoms with van der Waals surface area (Å²) < 4.78 is 16.3. The van der Waals surface area contributed by atoms with Gasteiger partial charge in [0.15, 0.2) is 0 Å². The smallest absolute Gasteiger partial charge is 0.201 e. The molecule has 1 aromatic heterocycles. The Morgan fingerprint density at radius 3 is 2.80 bits per heavy atom. The van der Waals surface area contributed by atoms with Gasteiger partial charge in [-0.2, -0.15) is 0 Å². The van der Waals surface area contributed by atoms with E-state index in [1.807, 2.05) is 35.8 Å². The van der Waals surface area contributed by atoms with Gasteiger partial charge >= 0.3 is 0 Å². The lowest BCUT2D eigenvalue weighted by Crippen LogP contribution is -2.10. The number of nitrogens with zero attached hydrogens (tertiary/aromatic N) is 2. The molecular weight excluding hydrogens is 321 g/mol. The molecule has 3 rings (SSSR count). The molecule has 0 saturated carbocycles. The number of hydrogen-bond donors (Lipinski definition) is 1. The SMILES string of the molecule is CC(c1cccc(Br)c1)n1c(N)nc2ccc(F)cc21. The summed E-state index contributed by atoms with van der Waals surface area (Å²) >= 11 is 3.46. The van der Waals surface area contributed by atoms with Crippen LogP contribution >= 0.6 is 15.9 Å². The Bertz CT molecular complexity index is 782. The first-order valence-corrected chi connectivity index (χ1v) is 7.04. The lowest BCUT2D eigenvalue weighted by Gasteiger charge is -2.16. The Morgan fingerprint density at radius 2 is 2.05 bits per heavy atom. The van der Waals surface area contributed by atoms with E-state index >= 15 is 0 Å². The van der Waals surface area contributed by atoms with Crippen LogP contribution in [-0.2, 0) is 0 Å². The summed E-state index contributed by atoms with van der Waals surface area (Å²) in [7, 11) is 0. The van der Waals surface area contributed by atoms with E-state index in [0.29, 0.717) is 17.0 Å². The molecule has 0 aliphatic carbocycles. The largest absolute Gasteiger partial charge is 0.369 e. The number of nitrogens with two attached hydrogens (primary N) is 1. The van der Waals surface area contributed by atoms with Crippen molar-refractivity contribution in [1.82, 2.24) is 9.55 Å². The summed E-state index contributed by atoms with van der Waals surface area (Å²) in [6.07, 6.45) is 0. The summed E-state index contributed by atoms with van der Waals surface area (Å²) in [6.45, 7) is 2.02. The van der Waals surface area contributed by atoms with E-state index in [1.165, 1.54) is 12.1 Å². The number of rotatable bonds is 2. The molecule has 0 aliphatic heterocycles. The van der Waals surface area contributed by atoms with Crippen molar-refractivity contribution in [2.45, 2.75) is 13.0 Å². The summed E-state index contributed by atoms with van der Waals surface area (Å²) in [5.74, 6) is 0.0955. The molecular formula is C15H13BrFN3. The van der Waals surface area contributed by atoms with Gasteiger partial charge in [-0.05, 0) is 42.8 Å². The van der Waals surface area contributed by atoms with Gasteiger partial charge in [-0.15, -0.1) is 0 Å². The van der Waals surface area contributed by atoms with Crippen molar-refractivity contribution in [2.75, 3.05) is 5.73 Å². The second kappa shape index (κ2) is 4.90. The first-order chi connectivity index (χ1) is 9.56. The molecule has 1 atom stereocenters. The van der Waals surface area contributed by atoms with E-state index in [4.69, 9.17) is 5.73 Å². The molecule has 0 aliphatic rings. The Morgan fingerprint density at radius 1 is 1.25 bits per heavy atom. The number of fused-ring (bicyclic) bond motifs is 1. The van der Waals surface area contributed by atoms with E-state index in [1.54, 1.807) is 6.07 Å². The quantitative estimate of drug-likeness (QED) is 0.766. The lowest BCUT2D eigenvalue weighted by molar-refractivity contribution is 0.625. The van der Waals surface area contributed by atoms with Crippen LogP contribution < -0.4 is 5.73 Å². The van der Waals surface area contributed by atoms with Crippen LogP contribution in [0.1, 0.15) is 18.5 Å². The second-order valence-electron chi connectivity index (χ2n) is 4.70. The van der Waals surface area contributed by atoms with Gasteiger partial charge in [-0.1, -0.05) is 28.1 Å². The molecule has 0 radical (unpaired) electrons. The fraction of sp³-hybridized carbons (Fsp3) is 0.133. The number of benzene rings is 2. The zero-order valence-electron chi connectivity index (χ0n) is 10.8. The first-order valence-electron chi connectivity index (χ1n) is 6.24. The predicted molar refractivity (Wildman–Crippen MR) is 82.1 cm³/mol. The second-order valence-corrected chi connectivity index (χ2v) is 5.62. The van der Waals surface area contributed by atoms with Crippen LogP contribution in [0.4, 0.5) is 10.3 Å². The molecule has 3 aromatic rings. The van der Waals surface area contributed by atoms with Crippen molar-refractivity contribution < 1.29 is 4.39 Å². The molecule has 102 valence electrons. The van der Waals surface area contributed by atoms with Crippen molar-refractivity contribution in [3.05, 3.63) is 58.3 Å². The van der Waals surface area contributed by atoms with Gasteiger partial charge in [0.25, 0.3) is 0 Å². The molecule has 1 heterocycles. The van der Waals surface area contributed by atoms with Gasteiger partial charge in [-0.25, -0.2) is 9.37 Å². The number of anilines is 1. The minimum absolute atomic E-state index is 0.0284. The molecule has 5 heteroatoms. The van der Waals surface area contributed by atoms with E-state index in [9.17, 15) is 4.39 Å². The third-order valence-electron chi connectivity index (χ3n) is 3.40. The van der Waals surface area contributed by atoms with Crippen LogP contribution in [0.3, 0.4) is 0 Å². The molecule has 2 aromatic carbocycles. The first kappa shape index (κ1) is 13.1.